The first-order valence-electron chi connectivity index (χ1n) is 5.53. The van der Waals surface area contributed by atoms with Crippen LogP contribution >= 0.6 is 0 Å². The molecule has 3 heteroatoms. The lowest BCUT2D eigenvalue weighted by Gasteiger charge is -2.31. The van der Waals surface area contributed by atoms with E-state index in [1.807, 2.05) is 6.20 Å². The number of piperidine rings is 1. The first-order valence-corrected chi connectivity index (χ1v) is 5.53. The molecule has 14 heavy (non-hydrogen) atoms. The normalized spacial score (nSPS) is 24.0. The third-order valence-corrected chi connectivity index (χ3v) is 3.23. The van der Waals surface area contributed by atoms with E-state index in [0.29, 0.717) is 5.92 Å². The van der Waals surface area contributed by atoms with Crippen molar-refractivity contribution in [2.24, 2.45) is 0 Å². The fourth-order valence-electron chi connectivity index (χ4n) is 2.35. The highest BCUT2D eigenvalue weighted by Crippen LogP contribution is 2.26. The van der Waals surface area contributed by atoms with Crippen LogP contribution in [0.15, 0.2) is 6.20 Å². The first-order chi connectivity index (χ1) is 6.81. The Balaban J connectivity index is 2.08. The number of aromatic nitrogens is 2. The van der Waals surface area contributed by atoms with E-state index in [1.165, 1.54) is 43.7 Å². The minimum absolute atomic E-state index is 0.672. The summed E-state index contributed by atoms with van der Waals surface area (Å²) >= 11 is 0. The molecule has 1 aliphatic rings. The van der Waals surface area contributed by atoms with Crippen molar-refractivity contribution in [1.82, 2.24) is 15.1 Å². The highest BCUT2D eigenvalue weighted by atomic mass is 15.1. The van der Waals surface area contributed by atoms with E-state index in [0.717, 1.165) is 0 Å². The third-order valence-electron chi connectivity index (χ3n) is 3.23. The molecule has 0 spiro atoms. The molecule has 78 valence electrons. The second kappa shape index (κ2) is 4.13. The lowest BCUT2D eigenvalue weighted by Crippen LogP contribution is -2.34. The van der Waals surface area contributed by atoms with E-state index < -0.39 is 0 Å². The highest BCUT2D eigenvalue weighted by Gasteiger charge is 2.22. The van der Waals surface area contributed by atoms with Crippen LogP contribution in [-0.2, 0) is 0 Å². The average Bonchev–Trinajstić information content (AvgIpc) is 2.65. The molecule has 1 fully saturated rings. The molecular weight excluding hydrogens is 174 g/mol. The Kier molecular flexibility index (Phi) is 2.87. The standard InChI is InChI=1S/C11H19N3/c1-3-14-6-4-5-10(8-14)11-9(2)7-12-13-11/h7,10H,3-6,8H2,1-2H3,(H,12,13). The number of rotatable bonds is 2. The number of hydrogen-bond acceptors (Lipinski definition) is 2. The van der Waals surface area contributed by atoms with Crippen molar-refractivity contribution in [3.05, 3.63) is 17.5 Å². The summed E-state index contributed by atoms with van der Waals surface area (Å²) < 4.78 is 0. The van der Waals surface area contributed by atoms with Crippen LogP contribution in [0.5, 0.6) is 0 Å². The quantitative estimate of drug-likeness (QED) is 0.778. The Morgan fingerprint density at radius 1 is 1.64 bits per heavy atom. The molecule has 1 unspecified atom stereocenters. The maximum atomic E-state index is 4.10. The fourth-order valence-corrected chi connectivity index (χ4v) is 2.35. The van der Waals surface area contributed by atoms with Crippen molar-refractivity contribution in [3.63, 3.8) is 0 Å². The van der Waals surface area contributed by atoms with Gasteiger partial charge in [-0.2, -0.15) is 5.10 Å². The van der Waals surface area contributed by atoms with Gasteiger partial charge in [0.25, 0.3) is 0 Å². The number of aryl methyl sites for hydroxylation is 1. The molecule has 0 aliphatic carbocycles. The number of hydrogen-bond donors (Lipinski definition) is 1. The monoisotopic (exact) mass is 193 g/mol. The van der Waals surface area contributed by atoms with E-state index in [2.05, 4.69) is 28.9 Å². The molecule has 0 aromatic carbocycles. The van der Waals surface area contributed by atoms with Gasteiger partial charge in [-0.15, -0.1) is 0 Å². The van der Waals surface area contributed by atoms with Crippen molar-refractivity contribution < 1.29 is 0 Å². The second-order valence-electron chi connectivity index (χ2n) is 4.20. The summed E-state index contributed by atoms with van der Waals surface area (Å²) in [5.74, 6) is 0.672. The van der Waals surface area contributed by atoms with Gasteiger partial charge >= 0.3 is 0 Å². The SMILES string of the molecule is CCN1CCCC(c2[nH]ncc2C)C1. The molecule has 2 rings (SSSR count). The summed E-state index contributed by atoms with van der Waals surface area (Å²) in [6.45, 7) is 8.01. The maximum Gasteiger partial charge on any atom is 0.0519 e. The van der Waals surface area contributed by atoms with Gasteiger partial charge in [0.15, 0.2) is 0 Å². The maximum absolute atomic E-state index is 4.10. The lowest BCUT2D eigenvalue weighted by atomic mass is 9.93. The van der Waals surface area contributed by atoms with E-state index in [1.54, 1.807) is 0 Å². The van der Waals surface area contributed by atoms with Crippen molar-refractivity contribution in [3.8, 4) is 0 Å². The zero-order valence-corrected chi connectivity index (χ0v) is 9.08. The summed E-state index contributed by atoms with van der Waals surface area (Å²) in [5, 5.41) is 7.25. The molecular formula is C11H19N3. The Morgan fingerprint density at radius 2 is 2.50 bits per heavy atom. The summed E-state index contributed by atoms with van der Waals surface area (Å²) in [5.41, 5.74) is 2.66. The summed E-state index contributed by atoms with van der Waals surface area (Å²) in [7, 11) is 0. The highest BCUT2D eigenvalue weighted by molar-refractivity contribution is 5.19. The van der Waals surface area contributed by atoms with E-state index in [9.17, 15) is 0 Å². The van der Waals surface area contributed by atoms with E-state index in [-0.39, 0.29) is 0 Å². The molecule has 1 aromatic heterocycles. The van der Waals surface area contributed by atoms with Gasteiger partial charge in [0.05, 0.1) is 6.20 Å². The van der Waals surface area contributed by atoms with Gasteiger partial charge in [0.2, 0.25) is 0 Å². The van der Waals surface area contributed by atoms with Gasteiger partial charge in [-0.3, -0.25) is 5.10 Å². The Hall–Kier alpha value is -0.830. The molecule has 3 nitrogen and oxygen atoms in total. The lowest BCUT2D eigenvalue weighted by molar-refractivity contribution is 0.215. The number of H-pyrrole nitrogens is 1. The first kappa shape index (κ1) is 9.71. The van der Waals surface area contributed by atoms with Gasteiger partial charge in [0, 0.05) is 18.2 Å². The van der Waals surface area contributed by atoms with Gasteiger partial charge < -0.3 is 4.90 Å². The van der Waals surface area contributed by atoms with Gasteiger partial charge in [0.1, 0.15) is 0 Å². The molecule has 1 aromatic rings. The molecule has 1 aliphatic heterocycles. The Bertz CT molecular complexity index is 292. The predicted molar refractivity (Wildman–Crippen MR) is 57.4 cm³/mol. The number of nitrogens with one attached hydrogen (secondary N) is 1. The summed E-state index contributed by atoms with van der Waals surface area (Å²) in [4.78, 5) is 2.52. The number of nitrogens with zero attached hydrogens (tertiary/aromatic N) is 2. The summed E-state index contributed by atoms with van der Waals surface area (Å²) in [6, 6.07) is 0. The van der Waals surface area contributed by atoms with Crippen molar-refractivity contribution in [2.45, 2.75) is 32.6 Å². The van der Waals surface area contributed by atoms with E-state index in [4.69, 9.17) is 0 Å². The fraction of sp³-hybridized carbons (Fsp3) is 0.727. The average molecular weight is 193 g/mol. The van der Waals surface area contributed by atoms with E-state index >= 15 is 0 Å². The molecule has 1 atom stereocenters. The summed E-state index contributed by atoms with van der Waals surface area (Å²) in [6.07, 6.45) is 4.55. The van der Waals surface area contributed by atoms with Crippen LogP contribution in [0.4, 0.5) is 0 Å². The van der Waals surface area contributed by atoms with Gasteiger partial charge in [-0.05, 0) is 38.4 Å². The molecule has 1 saturated heterocycles. The topological polar surface area (TPSA) is 31.9 Å². The molecule has 0 radical (unpaired) electrons. The minimum atomic E-state index is 0.672. The smallest absolute Gasteiger partial charge is 0.0519 e. The predicted octanol–water partition coefficient (Wildman–Crippen LogP) is 1.92. The zero-order valence-electron chi connectivity index (χ0n) is 9.08. The van der Waals surface area contributed by atoms with Crippen LogP contribution in [0.1, 0.15) is 36.9 Å². The van der Waals surface area contributed by atoms with Crippen molar-refractivity contribution in [1.29, 1.82) is 0 Å². The molecule has 1 N–H and O–H groups in total. The largest absolute Gasteiger partial charge is 0.303 e. The number of likely N-dealkylation sites (tertiary alicyclic amines) is 1. The Morgan fingerprint density at radius 3 is 3.14 bits per heavy atom. The number of aromatic amines is 1. The third kappa shape index (κ3) is 1.82. The molecule has 0 amide bonds. The van der Waals surface area contributed by atoms with Gasteiger partial charge in [-0.25, -0.2) is 0 Å². The van der Waals surface area contributed by atoms with Crippen LogP contribution < -0.4 is 0 Å². The second-order valence-corrected chi connectivity index (χ2v) is 4.20. The van der Waals surface area contributed by atoms with Gasteiger partial charge in [-0.1, -0.05) is 6.92 Å². The van der Waals surface area contributed by atoms with Crippen LogP contribution in [0.2, 0.25) is 0 Å². The van der Waals surface area contributed by atoms with Crippen molar-refractivity contribution >= 4 is 0 Å². The van der Waals surface area contributed by atoms with Crippen LogP contribution in [0.3, 0.4) is 0 Å². The minimum Gasteiger partial charge on any atom is -0.303 e. The molecule has 0 saturated carbocycles. The van der Waals surface area contributed by atoms with Crippen molar-refractivity contribution in [2.75, 3.05) is 19.6 Å². The van der Waals surface area contributed by atoms with Crippen LogP contribution in [0.25, 0.3) is 0 Å². The zero-order chi connectivity index (χ0) is 9.97. The molecule has 0 bridgehead atoms. The van der Waals surface area contributed by atoms with Crippen LogP contribution in [0, 0.1) is 6.92 Å². The number of likely N-dealkylation sites (N-methyl/N-ethyl adjacent to an activating group) is 1. The van der Waals surface area contributed by atoms with Crippen LogP contribution in [-0.4, -0.2) is 34.7 Å². The molecule has 2 heterocycles. The Labute approximate surface area is 85.5 Å².